The van der Waals surface area contributed by atoms with Crippen LogP contribution in [-0.4, -0.2) is 14.2 Å². The second kappa shape index (κ2) is 5.32. The summed E-state index contributed by atoms with van der Waals surface area (Å²) in [4.78, 5) is 0. The van der Waals surface area contributed by atoms with E-state index >= 15 is 0 Å². The van der Waals surface area contributed by atoms with Crippen molar-refractivity contribution >= 4 is 9.84 Å². The van der Waals surface area contributed by atoms with Gasteiger partial charge in [-0.25, -0.2) is 8.42 Å². The maximum absolute atomic E-state index is 11.5. The number of hydrogen-bond acceptors (Lipinski definition) is 3. The first kappa shape index (κ1) is 11.5. The Kier molecular flexibility index (Phi) is 4.07. The van der Waals surface area contributed by atoms with Gasteiger partial charge in [0.25, 0.3) is 0 Å². The minimum Gasteiger partial charge on any atom is -0.228 e. The SMILES string of the molecule is N#CC=CCS(=O)(=O)Cc1ccccc1. The van der Waals surface area contributed by atoms with E-state index in [-0.39, 0.29) is 11.5 Å². The molecular weight excluding hydrogens is 210 g/mol. The van der Waals surface area contributed by atoms with Crippen LogP contribution in [0.4, 0.5) is 0 Å². The third kappa shape index (κ3) is 4.43. The van der Waals surface area contributed by atoms with Crippen LogP contribution in [0.15, 0.2) is 42.5 Å². The number of sulfone groups is 1. The highest BCUT2D eigenvalue weighted by Gasteiger charge is 2.08. The van der Waals surface area contributed by atoms with Crippen molar-refractivity contribution in [3.8, 4) is 6.07 Å². The van der Waals surface area contributed by atoms with Gasteiger partial charge in [-0.2, -0.15) is 5.26 Å². The molecule has 0 fully saturated rings. The van der Waals surface area contributed by atoms with Gasteiger partial charge in [-0.3, -0.25) is 0 Å². The summed E-state index contributed by atoms with van der Waals surface area (Å²) in [5.41, 5.74) is 0.767. The topological polar surface area (TPSA) is 57.9 Å². The molecular formula is C11H11NO2S. The molecule has 0 atom stereocenters. The van der Waals surface area contributed by atoms with Crippen molar-refractivity contribution in [1.29, 1.82) is 5.26 Å². The fraction of sp³-hybridized carbons (Fsp3) is 0.182. The van der Waals surface area contributed by atoms with Gasteiger partial charge >= 0.3 is 0 Å². The van der Waals surface area contributed by atoms with Gasteiger partial charge in [0.2, 0.25) is 0 Å². The Bertz CT molecular complexity index is 469. The van der Waals surface area contributed by atoms with Gasteiger partial charge in [0.05, 0.1) is 17.6 Å². The van der Waals surface area contributed by atoms with Gasteiger partial charge in [0, 0.05) is 6.08 Å². The Labute approximate surface area is 89.6 Å². The van der Waals surface area contributed by atoms with E-state index in [1.54, 1.807) is 30.3 Å². The van der Waals surface area contributed by atoms with Gasteiger partial charge in [-0.1, -0.05) is 36.4 Å². The summed E-state index contributed by atoms with van der Waals surface area (Å²) < 4.78 is 23.0. The molecule has 0 bridgehead atoms. The van der Waals surface area contributed by atoms with Gasteiger partial charge in [-0.15, -0.1) is 0 Å². The van der Waals surface area contributed by atoms with Crippen LogP contribution < -0.4 is 0 Å². The lowest BCUT2D eigenvalue weighted by molar-refractivity contribution is 0.598. The molecule has 0 saturated heterocycles. The third-order valence-electron chi connectivity index (χ3n) is 1.77. The zero-order chi connectivity index (χ0) is 11.1. The van der Waals surface area contributed by atoms with E-state index in [0.29, 0.717) is 0 Å². The monoisotopic (exact) mass is 221 g/mol. The van der Waals surface area contributed by atoms with Crippen LogP contribution in [0.2, 0.25) is 0 Å². The Morgan fingerprint density at radius 1 is 1.27 bits per heavy atom. The van der Waals surface area contributed by atoms with Gasteiger partial charge in [-0.05, 0) is 5.56 Å². The number of nitriles is 1. The van der Waals surface area contributed by atoms with Gasteiger partial charge in [0.1, 0.15) is 0 Å². The van der Waals surface area contributed by atoms with Crippen LogP contribution in [0.1, 0.15) is 5.56 Å². The van der Waals surface area contributed by atoms with E-state index in [9.17, 15) is 8.42 Å². The zero-order valence-corrected chi connectivity index (χ0v) is 8.94. The Hall–Kier alpha value is -1.60. The number of rotatable bonds is 4. The molecule has 0 aliphatic carbocycles. The summed E-state index contributed by atoms with van der Waals surface area (Å²) in [6.45, 7) is 0. The summed E-state index contributed by atoms with van der Waals surface area (Å²) in [7, 11) is -3.14. The second-order valence-electron chi connectivity index (χ2n) is 3.07. The summed E-state index contributed by atoms with van der Waals surface area (Å²) in [6.07, 6.45) is 2.54. The first-order chi connectivity index (χ1) is 7.14. The Morgan fingerprint density at radius 3 is 2.53 bits per heavy atom. The molecule has 0 spiro atoms. The number of nitrogens with zero attached hydrogens (tertiary/aromatic N) is 1. The molecule has 3 nitrogen and oxygen atoms in total. The summed E-state index contributed by atoms with van der Waals surface area (Å²) >= 11 is 0. The van der Waals surface area contributed by atoms with Crippen molar-refractivity contribution in [2.75, 3.05) is 5.75 Å². The quantitative estimate of drug-likeness (QED) is 0.727. The summed E-state index contributed by atoms with van der Waals surface area (Å²) in [6, 6.07) is 10.7. The lowest BCUT2D eigenvalue weighted by Gasteiger charge is -2.00. The van der Waals surface area contributed by atoms with E-state index in [4.69, 9.17) is 5.26 Å². The number of allylic oxidation sites excluding steroid dienone is 1. The maximum atomic E-state index is 11.5. The number of hydrogen-bond donors (Lipinski definition) is 0. The maximum Gasteiger partial charge on any atom is 0.158 e. The highest BCUT2D eigenvalue weighted by atomic mass is 32.2. The standard InChI is InChI=1S/C11H11NO2S/c12-8-4-5-9-15(13,14)10-11-6-2-1-3-7-11/h1-7H,9-10H2. The molecule has 0 unspecified atom stereocenters. The third-order valence-corrected chi connectivity index (χ3v) is 3.25. The molecule has 0 aliphatic heterocycles. The fourth-order valence-electron chi connectivity index (χ4n) is 1.13. The zero-order valence-electron chi connectivity index (χ0n) is 8.13. The largest absolute Gasteiger partial charge is 0.228 e. The molecule has 4 heteroatoms. The fourth-order valence-corrected chi connectivity index (χ4v) is 2.34. The molecule has 1 aromatic rings. The lowest BCUT2D eigenvalue weighted by atomic mass is 10.2. The summed E-state index contributed by atoms with van der Waals surface area (Å²) in [5, 5.41) is 8.22. The highest BCUT2D eigenvalue weighted by molar-refractivity contribution is 7.90. The van der Waals surface area contributed by atoms with Crippen molar-refractivity contribution in [3.05, 3.63) is 48.0 Å². The molecule has 0 aromatic heterocycles. The van der Waals surface area contributed by atoms with Crippen LogP contribution in [0, 0.1) is 11.3 Å². The van der Waals surface area contributed by atoms with Crippen molar-refractivity contribution < 1.29 is 8.42 Å². The molecule has 0 aliphatic rings. The smallest absolute Gasteiger partial charge is 0.158 e. The number of benzene rings is 1. The predicted octanol–water partition coefficient (Wildman–Crippen LogP) is 1.68. The second-order valence-corrected chi connectivity index (χ2v) is 5.18. The van der Waals surface area contributed by atoms with Crippen LogP contribution in [0.25, 0.3) is 0 Å². The predicted molar refractivity (Wildman–Crippen MR) is 58.7 cm³/mol. The highest BCUT2D eigenvalue weighted by Crippen LogP contribution is 2.06. The van der Waals surface area contributed by atoms with Crippen LogP contribution in [0.5, 0.6) is 0 Å². The molecule has 1 aromatic carbocycles. The summed E-state index contributed by atoms with van der Waals surface area (Å²) in [5.74, 6) is -0.0704. The Balaban J connectivity index is 2.66. The van der Waals surface area contributed by atoms with E-state index in [0.717, 1.165) is 5.56 Å². The molecule has 78 valence electrons. The Morgan fingerprint density at radius 2 is 1.93 bits per heavy atom. The van der Waals surface area contributed by atoms with E-state index < -0.39 is 9.84 Å². The van der Waals surface area contributed by atoms with Crippen molar-refractivity contribution in [1.82, 2.24) is 0 Å². The molecule has 0 saturated carbocycles. The van der Waals surface area contributed by atoms with Crippen molar-refractivity contribution in [3.63, 3.8) is 0 Å². The average Bonchev–Trinajstić information content (AvgIpc) is 2.18. The normalized spacial score (nSPS) is 11.4. The first-order valence-electron chi connectivity index (χ1n) is 4.43. The minimum atomic E-state index is -3.14. The van der Waals surface area contributed by atoms with Crippen LogP contribution >= 0.6 is 0 Å². The molecule has 15 heavy (non-hydrogen) atoms. The van der Waals surface area contributed by atoms with E-state index in [1.165, 1.54) is 12.2 Å². The average molecular weight is 221 g/mol. The first-order valence-corrected chi connectivity index (χ1v) is 6.25. The molecule has 0 N–H and O–H groups in total. The van der Waals surface area contributed by atoms with E-state index in [2.05, 4.69) is 0 Å². The molecule has 0 radical (unpaired) electrons. The minimum absolute atomic E-state index is 0.0175. The van der Waals surface area contributed by atoms with Crippen LogP contribution in [-0.2, 0) is 15.6 Å². The molecule has 1 rings (SSSR count). The van der Waals surface area contributed by atoms with E-state index in [1.807, 2.05) is 6.07 Å². The molecule has 0 amide bonds. The van der Waals surface area contributed by atoms with Crippen molar-refractivity contribution in [2.24, 2.45) is 0 Å². The lowest BCUT2D eigenvalue weighted by Crippen LogP contribution is -2.07. The van der Waals surface area contributed by atoms with Gasteiger partial charge in [0.15, 0.2) is 9.84 Å². The van der Waals surface area contributed by atoms with Gasteiger partial charge < -0.3 is 0 Å². The van der Waals surface area contributed by atoms with Crippen molar-refractivity contribution in [2.45, 2.75) is 5.75 Å². The van der Waals surface area contributed by atoms with Crippen LogP contribution in [0.3, 0.4) is 0 Å². The molecule has 0 heterocycles.